The number of hydrogen-bond donors (Lipinski definition) is 2. The Morgan fingerprint density at radius 1 is 1.19 bits per heavy atom. The molecule has 6 nitrogen and oxygen atoms in total. The van der Waals surface area contributed by atoms with Gasteiger partial charge in [-0.3, -0.25) is 9.48 Å². The highest BCUT2D eigenvalue weighted by atomic mass is 32.1. The number of nitrogens with zero attached hydrogens (tertiary/aromatic N) is 2. The first-order chi connectivity index (χ1) is 12.2. The van der Waals surface area contributed by atoms with E-state index in [9.17, 15) is 14.7 Å². The number of carbonyl (C=O) groups is 2. The van der Waals surface area contributed by atoms with Crippen molar-refractivity contribution < 1.29 is 14.7 Å². The summed E-state index contributed by atoms with van der Waals surface area (Å²) in [7, 11) is 1.87. The van der Waals surface area contributed by atoms with E-state index in [2.05, 4.69) is 24.3 Å². The van der Waals surface area contributed by atoms with Crippen molar-refractivity contribution in [3.8, 4) is 0 Å². The van der Waals surface area contributed by atoms with Crippen LogP contribution in [-0.4, -0.2) is 26.8 Å². The topological polar surface area (TPSA) is 84.2 Å². The van der Waals surface area contributed by atoms with Crippen molar-refractivity contribution in [3.05, 3.63) is 45.5 Å². The number of benzene rings is 1. The number of carbonyl (C=O) groups excluding carboxylic acids is 1. The number of aromatic carboxylic acids is 1. The normalized spacial score (nSPS) is 11.3. The predicted molar refractivity (Wildman–Crippen MR) is 104 cm³/mol. The fourth-order valence-corrected chi connectivity index (χ4v) is 3.98. The predicted octanol–water partition coefficient (Wildman–Crippen LogP) is 4.33. The molecule has 3 rings (SSSR count). The van der Waals surface area contributed by atoms with Crippen LogP contribution in [0.3, 0.4) is 0 Å². The molecule has 0 fully saturated rings. The molecule has 0 aliphatic rings. The van der Waals surface area contributed by atoms with E-state index < -0.39 is 5.97 Å². The number of carboxylic acids is 1. The lowest BCUT2D eigenvalue weighted by Crippen LogP contribution is -2.12. The third kappa shape index (κ3) is 3.10. The number of anilines is 1. The molecule has 26 heavy (non-hydrogen) atoms. The minimum absolute atomic E-state index is 0.188. The zero-order valence-electron chi connectivity index (χ0n) is 15.4. The Morgan fingerprint density at radius 3 is 2.50 bits per heavy atom. The quantitative estimate of drug-likeness (QED) is 0.715. The number of hydrogen-bond acceptors (Lipinski definition) is 4. The summed E-state index contributed by atoms with van der Waals surface area (Å²) in [5.41, 5.74) is 3.16. The zero-order chi connectivity index (χ0) is 19.2. The van der Waals surface area contributed by atoms with E-state index in [0.29, 0.717) is 16.1 Å². The number of fused-ring (bicyclic) bond motifs is 1. The first-order valence-electron chi connectivity index (χ1n) is 8.31. The number of aromatic nitrogens is 2. The summed E-state index contributed by atoms with van der Waals surface area (Å²) in [6, 6.07) is 5.14. The van der Waals surface area contributed by atoms with Crippen LogP contribution < -0.4 is 5.32 Å². The van der Waals surface area contributed by atoms with Gasteiger partial charge >= 0.3 is 5.97 Å². The molecule has 0 aliphatic carbocycles. The zero-order valence-corrected chi connectivity index (χ0v) is 16.2. The summed E-state index contributed by atoms with van der Waals surface area (Å²) in [6.07, 6.45) is 0. The molecule has 0 saturated heterocycles. The van der Waals surface area contributed by atoms with Gasteiger partial charge in [0, 0.05) is 18.1 Å². The van der Waals surface area contributed by atoms with Gasteiger partial charge in [0.25, 0.3) is 5.91 Å². The molecule has 136 valence electrons. The fraction of sp³-hybridized carbons (Fsp3) is 0.316. The molecule has 0 spiro atoms. The Hall–Kier alpha value is -2.67. The van der Waals surface area contributed by atoms with Gasteiger partial charge < -0.3 is 10.4 Å². The highest BCUT2D eigenvalue weighted by Gasteiger charge is 2.19. The van der Waals surface area contributed by atoms with Gasteiger partial charge in [-0.25, -0.2) is 4.79 Å². The summed E-state index contributed by atoms with van der Waals surface area (Å²) in [6.45, 7) is 7.74. The van der Waals surface area contributed by atoms with E-state index in [4.69, 9.17) is 0 Å². The molecule has 0 unspecified atom stereocenters. The minimum atomic E-state index is -1.01. The Bertz CT molecular complexity index is 1030. The molecule has 0 bridgehead atoms. The maximum absolute atomic E-state index is 12.7. The van der Waals surface area contributed by atoms with E-state index in [1.165, 1.54) is 17.4 Å². The van der Waals surface area contributed by atoms with Crippen LogP contribution in [-0.2, 0) is 7.05 Å². The molecule has 1 aromatic carbocycles. The van der Waals surface area contributed by atoms with Crippen molar-refractivity contribution in [1.82, 2.24) is 9.78 Å². The number of nitrogens with one attached hydrogen (secondary N) is 1. The van der Waals surface area contributed by atoms with Gasteiger partial charge in [-0.05, 0) is 43.0 Å². The molecule has 0 saturated carbocycles. The minimum Gasteiger partial charge on any atom is -0.478 e. The smallest absolute Gasteiger partial charge is 0.336 e. The molecule has 7 heteroatoms. The summed E-state index contributed by atoms with van der Waals surface area (Å²) in [4.78, 5) is 25.6. The largest absolute Gasteiger partial charge is 0.478 e. The van der Waals surface area contributed by atoms with Crippen LogP contribution in [0.4, 0.5) is 5.69 Å². The van der Waals surface area contributed by atoms with Crippen molar-refractivity contribution in [3.63, 3.8) is 0 Å². The van der Waals surface area contributed by atoms with Gasteiger partial charge in [-0.15, -0.1) is 11.3 Å². The molecule has 1 amide bonds. The highest BCUT2D eigenvalue weighted by Crippen LogP contribution is 2.32. The average molecular weight is 371 g/mol. The molecular formula is C19H21N3O3S. The van der Waals surface area contributed by atoms with Crippen LogP contribution in [0.1, 0.15) is 56.6 Å². The Labute approximate surface area is 155 Å². The van der Waals surface area contributed by atoms with Crippen LogP contribution in [0.2, 0.25) is 0 Å². The van der Waals surface area contributed by atoms with Crippen molar-refractivity contribution in [2.24, 2.45) is 7.05 Å². The Morgan fingerprint density at radius 2 is 1.88 bits per heavy atom. The molecule has 2 N–H and O–H groups in total. The molecule has 0 radical (unpaired) electrons. The summed E-state index contributed by atoms with van der Waals surface area (Å²) in [5.74, 6) is -0.988. The summed E-state index contributed by atoms with van der Waals surface area (Å²) < 4.78 is 1.80. The second-order valence-corrected chi connectivity index (χ2v) is 7.77. The molecule has 2 heterocycles. The van der Waals surface area contributed by atoms with Crippen molar-refractivity contribution >= 4 is 39.1 Å². The lowest BCUT2D eigenvalue weighted by Gasteiger charge is -2.11. The van der Waals surface area contributed by atoms with E-state index in [1.807, 2.05) is 20.0 Å². The summed E-state index contributed by atoms with van der Waals surface area (Å²) in [5, 5.41) is 17.6. The third-order valence-electron chi connectivity index (χ3n) is 4.36. The standard InChI is InChI=1S/C19H21N3O3S/c1-9(2)16-13-8-15(26-18(13)22(5)21-16)17(23)20-14-7-12(19(24)25)10(3)6-11(14)4/h6-9H,1-5H3,(H,20,23)(H,24,25). The van der Waals surface area contributed by atoms with Crippen LogP contribution >= 0.6 is 11.3 Å². The van der Waals surface area contributed by atoms with E-state index in [1.54, 1.807) is 17.7 Å². The van der Waals surface area contributed by atoms with Crippen molar-refractivity contribution in [2.75, 3.05) is 5.32 Å². The van der Waals surface area contributed by atoms with Crippen LogP contribution in [0.5, 0.6) is 0 Å². The molecule has 0 aliphatic heterocycles. The first-order valence-corrected chi connectivity index (χ1v) is 9.13. The highest BCUT2D eigenvalue weighted by molar-refractivity contribution is 7.20. The van der Waals surface area contributed by atoms with Gasteiger partial charge in [0.2, 0.25) is 0 Å². The third-order valence-corrected chi connectivity index (χ3v) is 5.56. The molecular weight excluding hydrogens is 350 g/mol. The van der Waals surface area contributed by atoms with Gasteiger partial charge in [0.1, 0.15) is 4.83 Å². The second-order valence-electron chi connectivity index (χ2n) is 6.73. The monoisotopic (exact) mass is 371 g/mol. The van der Waals surface area contributed by atoms with Gasteiger partial charge in [-0.1, -0.05) is 19.9 Å². The lowest BCUT2D eigenvalue weighted by molar-refractivity contribution is 0.0695. The van der Waals surface area contributed by atoms with Crippen LogP contribution in [0.15, 0.2) is 18.2 Å². The van der Waals surface area contributed by atoms with Crippen LogP contribution in [0.25, 0.3) is 10.2 Å². The van der Waals surface area contributed by atoms with Gasteiger partial charge in [0.05, 0.1) is 16.1 Å². The first kappa shape index (κ1) is 18.1. The number of carboxylic acid groups (broad SMARTS) is 1. The van der Waals surface area contributed by atoms with Gasteiger partial charge in [-0.2, -0.15) is 5.10 Å². The number of rotatable bonds is 4. The van der Waals surface area contributed by atoms with E-state index in [0.717, 1.165) is 21.5 Å². The molecule has 3 aromatic rings. The lowest BCUT2D eigenvalue weighted by atomic mass is 10.0. The molecule has 2 aromatic heterocycles. The second kappa shape index (κ2) is 6.57. The summed E-state index contributed by atoms with van der Waals surface area (Å²) >= 11 is 1.38. The van der Waals surface area contributed by atoms with Crippen LogP contribution in [0, 0.1) is 13.8 Å². The van der Waals surface area contributed by atoms with Crippen molar-refractivity contribution in [2.45, 2.75) is 33.6 Å². The maximum atomic E-state index is 12.7. The van der Waals surface area contributed by atoms with E-state index >= 15 is 0 Å². The van der Waals surface area contributed by atoms with Crippen molar-refractivity contribution in [1.29, 1.82) is 0 Å². The molecule has 0 atom stereocenters. The maximum Gasteiger partial charge on any atom is 0.336 e. The fourth-order valence-electron chi connectivity index (χ4n) is 3.01. The Balaban J connectivity index is 1.96. The SMILES string of the molecule is Cc1cc(C)c(C(=O)O)cc1NC(=O)c1cc2c(C(C)C)nn(C)c2s1. The van der Waals surface area contributed by atoms with E-state index in [-0.39, 0.29) is 17.4 Å². The average Bonchev–Trinajstić information content (AvgIpc) is 3.10. The Kier molecular flexibility index (Phi) is 4.58. The van der Waals surface area contributed by atoms with Gasteiger partial charge in [0.15, 0.2) is 0 Å². The number of thiophene rings is 1. The number of aryl methyl sites for hydroxylation is 3. The number of amides is 1.